The van der Waals surface area contributed by atoms with E-state index in [1.807, 2.05) is 6.92 Å². The molecule has 0 radical (unpaired) electrons. The summed E-state index contributed by atoms with van der Waals surface area (Å²) in [6.07, 6.45) is 10.4. The fourth-order valence-corrected chi connectivity index (χ4v) is 7.93. The van der Waals surface area contributed by atoms with Gasteiger partial charge in [-0.25, -0.2) is 8.42 Å². The van der Waals surface area contributed by atoms with Crippen molar-refractivity contribution >= 4 is 27.3 Å². The molecule has 1 N–H and O–H groups in total. The van der Waals surface area contributed by atoms with Gasteiger partial charge in [0.1, 0.15) is 0 Å². The standard InChI is InChI=1S/C23H32N4O4S2/c1-15-20(13-19(32-15)21-25-23(31-26-21)16-10-11-16)33(29,30)27-12-6-7-17(14-27)22(28)24-18-8-4-2-3-5-9-18/h13,16-18H,2-12,14H2,1H3,(H,24,28). The van der Waals surface area contributed by atoms with Crippen LogP contribution in [0.4, 0.5) is 0 Å². The van der Waals surface area contributed by atoms with Gasteiger partial charge in [0.2, 0.25) is 27.6 Å². The molecule has 1 unspecified atom stereocenters. The molecule has 2 saturated carbocycles. The summed E-state index contributed by atoms with van der Waals surface area (Å²) < 4.78 is 33.9. The third kappa shape index (κ3) is 5.02. The first kappa shape index (κ1) is 23.0. The van der Waals surface area contributed by atoms with Crippen molar-refractivity contribution in [1.29, 1.82) is 0 Å². The van der Waals surface area contributed by atoms with E-state index in [0.29, 0.717) is 40.4 Å². The second kappa shape index (κ2) is 9.46. The quantitative estimate of drug-likeness (QED) is 0.605. The first-order valence-electron chi connectivity index (χ1n) is 12.2. The zero-order chi connectivity index (χ0) is 23.0. The first-order valence-corrected chi connectivity index (χ1v) is 14.4. The number of hydrogen-bond donors (Lipinski definition) is 1. The lowest BCUT2D eigenvalue weighted by molar-refractivity contribution is -0.126. The van der Waals surface area contributed by atoms with Crippen LogP contribution >= 0.6 is 11.3 Å². The largest absolute Gasteiger partial charge is 0.353 e. The number of nitrogens with one attached hydrogen (secondary N) is 1. The van der Waals surface area contributed by atoms with Crippen LogP contribution in [0, 0.1) is 12.8 Å². The second-order valence-corrected chi connectivity index (χ2v) is 12.8. The van der Waals surface area contributed by atoms with E-state index in [1.54, 1.807) is 6.07 Å². The molecule has 0 bridgehead atoms. The Morgan fingerprint density at radius 2 is 1.88 bits per heavy atom. The maximum Gasteiger partial charge on any atom is 0.244 e. The molecule has 5 rings (SSSR count). The summed E-state index contributed by atoms with van der Waals surface area (Å²) in [6.45, 7) is 2.48. The Hall–Kier alpha value is -1.78. The monoisotopic (exact) mass is 492 g/mol. The molecule has 180 valence electrons. The van der Waals surface area contributed by atoms with Crippen LogP contribution in [-0.2, 0) is 14.8 Å². The van der Waals surface area contributed by atoms with Crippen LogP contribution in [-0.4, -0.2) is 47.9 Å². The Bertz CT molecular complexity index is 1100. The number of piperidine rings is 1. The van der Waals surface area contributed by atoms with Crippen LogP contribution in [0.2, 0.25) is 0 Å². The highest BCUT2D eigenvalue weighted by atomic mass is 32.2. The van der Waals surface area contributed by atoms with E-state index in [9.17, 15) is 13.2 Å². The molecule has 0 spiro atoms. The summed E-state index contributed by atoms with van der Waals surface area (Å²) in [6, 6.07) is 1.88. The Labute approximate surface area is 199 Å². The van der Waals surface area contributed by atoms with Crippen molar-refractivity contribution in [3.63, 3.8) is 0 Å². The lowest BCUT2D eigenvalue weighted by Gasteiger charge is -2.32. The molecule has 0 aromatic carbocycles. The van der Waals surface area contributed by atoms with E-state index in [0.717, 1.165) is 44.9 Å². The zero-order valence-corrected chi connectivity index (χ0v) is 20.7. The molecule has 8 nitrogen and oxygen atoms in total. The summed E-state index contributed by atoms with van der Waals surface area (Å²) in [5.41, 5.74) is 0. The Morgan fingerprint density at radius 1 is 1.12 bits per heavy atom. The number of carbonyl (C=O) groups excluding carboxylic acids is 1. The molecule has 10 heteroatoms. The van der Waals surface area contributed by atoms with Crippen molar-refractivity contribution in [1.82, 2.24) is 19.8 Å². The number of carbonyl (C=O) groups is 1. The van der Waals surface area contributed by atoms with Crippen LogP contribution in [0.1, 0.15) is 80.9 Å². The predicted octanol–water partition coefficient (Wildman–Crippen LogP) is 4.22. The van der Waals surface area contributed by atoms with Crippen LogP contribution in [0.15, 0.2) is 15.5 Å². The van der Waals surface area contributed by atoms with E-state index in [1.165, 1.54) is 28.5 Å². The zero-order valence-electron chi connectivity index (χ0n) is 19.1. The van der Waals surface area contributed by atoms with Gasteiger partial charge in [0.25, 0.3) is 0 Å². The molecule has 1 amide bonds. The summed E-state index contributed by atoms with van der Waals surface area (Å²) in [5.74, 6) is 1.15. The van der Waals surface area contributed by atoms with Crippen molar-refractivity contribution in [3.05, 3.63) is 16.8 Å². The van der Waals surface area contributed by atoms with Gasteiger partial charge in [-0.05, 0) is 51.5 Å². The van der Waals surface area contributed by atoms with Crippen molar-refractivity contribution in [2.24, 2.45) is 5.92 Å². The van der Waals surface area contributed by atoms with Gasteiger partial charge in [-0.15, -0.1) is 11.3 Å². The smallest absolute Gasteiger partial charge is 0.244 e. The highest BCUT2D eigenvalue weighted by Gasteiger charge is 2.36. The second-order valence-electron chi connectivity index (χ2n) is 9.66. The third-order valence-corrected chi connectivity index (χ3v) is 10.2. The van der Waals surface area contributed by atoms with Crippen molar-refractivity contribution in [2.75, 3.05) is 13.1 Å². The molecular formula is C23H32N4O4S2. The van der Waals surface area contributed by atoms with Crippen LogP contribution in [0.25, 0.3) is 10.7 Å². The van der Waals surface area contributed by atoms with Crippen molar-refractivity contribution in [2.45, 2.75) is 88.0 Å². The summed E-state index contributed by atoms with van der Waals surface area (Å²) in [7, 11) is -3.70. The maximum atomic E-state index is 13.5. The summed E-state index contributed by atoms with van der Waals surface area (Å²) in [4.78, 5) is 19.1. The van der Waals surface area contributed by atoms with Gasteiger partial charge in [0.05, 0.1) is 15.7 Å². The fraction of sp³-hybridized carbons (Fsp3) is 0.696. The molecule has 1 saturated heterocycles. The highest BCUT2D eigenvalue weighted by molar-refractivity contribution is 7.89. The summed E-state index contributed by atoms with van der Waals surface area (Å²) >= 11 is 1.37. The van der Waals surface area contributed by atoms with E-state index in [4.69, 9.17) is 4.52 Å². The number of aromatic nitrogens is 2. The van der Waals surface area contributed by atoms with E-state index in [2.05, 4.69) is 15.5 Å². The molecule has 1 atom stereocenters. The van der Waals surface area contributed by atoms with E-state index in [-0.39, 0.29) is 29.3 Å². The number of thiophene rings is 1. The highest BCUT2D eigenvalue weighted by Crippen LogP contribution is 2.41. The Morgan fingerprint density at radius 3 is 2.61 bits per heavy atom. The minimum atomic E-state index is -3.70. The summed E-state index contributed by atoms with van der Waals surface area (Å²) in [5, 5.41) is 7.27. The number of nitrogens with zero attached hydrogens (tertiary/aromatic N) is 3. The van der Waals surface area contributed by atoms with Gasteiger partial charge in [0, 0.05) is 29.9 Å². The van der Waals surface area contributed by atoms with Gasteiger partial charge in [-0.2, -0.15) is 9.29 Å². The number of amides is 1. The fourth-order valence-electron chi connectivity index (χ4n) is 4.92. The molecule has 3 heterocycles. The van der Waals surface area contributed by atoms with Gasteiger partial charge < -0.3 is 9.84 Å². The van der Waals surface area contributed by atoms with E-state index < -0.39 is 10.0 Å². The molecular weight excluding hydrogens is 460 g/mol. The van der Waals surface area contributed by atoms with Crippen molar-refractivity contribution in [3.8, 4) is 10.7 Å². The molecule has 1 aliphatic heterocycles. The maximum absolute atomic E-state index is 13.5. The number of sulfonamides is 1. The average Bonchev–Trinajstić information content (AvgIpc) is 3.49. The topological polar surface area (TPSA) is 105 Å². The molecule has 3 fully saturated rings. The lowest BCUT2D eigenvalue weighted by Crippen LogP contribution is -2.47. The molecule has 33 heavy (non-hydrogen) atoms. The third-order valence-electron chi connectivity index (χ3n) is 7.04. The van der Waals surface area contributed by atoms with Gasteiger partial charge in [-0.3, -0.25) is 4.79 Å². The van der Waals surface area contributed by atoms with Gasteiger partial charge >= 0.3 is 0 Å². The number of aryl methyl sites for hydroxylation is 1. The Kier molecular flexibility index (Phi) is 6.59. The van der Waals surface area contributed by atoms with Gasteiger partial charge in [-0.1, -0.05) is 30.8 Å². The normalized spacial score (nSPS) is 23.4. The first-order chi connectivity index (χ1) is 15.9. The van der Waals surface area contributed by atoms with Crippen LogP contribution in [0.3, 0.4) is 0 Å². The lowest BCUT2D eigenvalue weighted by atomic mass is 9.97. The Balaban J connectivity index is 1.28. The minimum absolute atomic E-state index is 0.00364. The molecule has 2 aliphatic carbocycles. The number of hydrogen-bond acceptors (Lipinski definition) is 7. The number of rotatable bonds is 6. The van der Waals surface area contributed by atoms with Crippen LogP contribution in [0.5, 0.6) is 0 Å². The minimum Gasteiger partial charge on any atom is -0.353 e. The van der Waals surface area contributed by atoms with E-state index >= 15 is 0 Å². The molecule has 2 aromatic rings. The molecule has 3 aliphatic rings. The van der Waals surface area contributed by atoms with Crippen LogP contribution < -0.4 is 5.32 Å². The van der Waals surface area contributed by atoms with Gasteiger partial charge in [0.15, 0.2) is 0 Å². The SMILES string of the molecule is Cc1sc(-c2noc(C3CC3)n2)cc1S(=O)(=O)N1CCCC(C(=O)NC2CCCCCC2)C1. The van der Waals surface area contributed by atoms with Crippen molar-refractivity contribution < 1.29 is 17.7 Å². The molecule has 2 aromatic heterocycles. The predicted molar refractivity (Wildman–Crippen MR) is 125 cm³/mol. The average molecular weight is 493 g/mol.